The van der Waals surface area contributed by atoms with Crippen LogP contribution >= 0.6 is 55.1 Å². The van der Waals surface area contributed by atoms with E-state index in [-0.39, 0.29) is 12.5 Å². The lowest BCUT2D eigenvalue weighted by Crippen LogP contribution is -2.20. The number of anilines is 2. The number of amides is 1. The maximum Gasteiger partial charge on any atom is 0.262 e. The predicted octanol–water partition coefficient (Wildman–Crippen LogP) is 7.15. The van der Waals surface area contributed by atoms with Gasteiger partial charge in [0.15, 0.2) is 6.61 Å². The third kappa shape index (κ3) is 6.64. The van der Waals surface area contributed by atoms with Crippen molar-refractivity contribution < 1.29 is 9.53 Å². The number of nitrogens with one attached hydrogen (secondary N) is 2. The summed E-state index contributed by atoms with van der Waals surface area (Å²) in [6.45, 7) is 0.535. The number of halogens is 4. The van der Waals surface area contributed by atoms with Crippen LogP contribution < -0.4 is 15.4 Å². The molecule has 0 heterocycles. The van der Waals surface area contributed by atoms with Crippen LogP contribution in [0, 0.1) is 0 Å². The van der Waals surface area contributed by atoms with Crippen molar-refractivity contribution in [2.75, 3.05) is 17.2 Å². The topological polar surface area (TPSA) is 50.4 Å². The first-order valence-electron chi connectivity index (χ1n) is 8.56. The van der Waals surface area contributed by atoms with Crippen LogP contribution in [0.1, 0.15) is 5.56 Å². The average molecular weight is 559 g/mol. The Balaban J connectivity index is 1.52. The van der Waals surface area contributed by atoms with E-state index in [9.17, 15) is 4.79 Å². The van der Waals surface area contributed by atoms with Crippen LogP contribution in [0.25, 0.3) is 0 Å². The van der Waals surface area contributed by atoms with E-state index >= 15 is 0 Å². The number of ether oxygens (including phenoxy) is 1. The summed E-state index contributed by atoms with van der Waals surface area (Å²) < 4.78 is 7.42. The second-order valence-electron chi connectivity index (χ2n) is 6.09. The Kier molecular flexibility index (Phi) is 7.84. The smallest absolute Gasteiger partial charge is 0.262 e. The maximum absolute atomic E-state index is 12.1. The Hall–Kier alpha value is -1.73. The summed E-state index contributed by atoms with van der Waals surface area (Å²) in [6, 6.07) is 18.6. The van der Waals surface area contributed by atoms with Gasteiger partial charge in [0.1, 0.15) is 5.75 Å². The molecular formula is C21H16Br2Cl2N2O2. The highest BCUT2D eigenvalue weighted by atomic mass is 79.9. The molecule has 0 atom stereocenters. The minimum atomic E-state index is -0.295. The molecule has 8 heteroatoms. The number of rotatable bonds is 7. The molecule has 0 aliphatic carbocycles. The van der Waals surface area contributed by atoms with Crippen molar-refractivity contribution in [3.63, 3.8) is 0 Å². The highest BCUT2D eigenvalue weighted by Crippen LogP contribution is 2.27. The van der Waals surface area contributed by atoms with Crippen molar-refractivity contribution in [2.45, 2.75) is 6.54 Å². The van der Waals surface area contributed by atoms with Crippen molar-refractivity contribution >= 4 is 72.3 Å². The SMILES string of the molecule is O=C(COc1ccc(CNc2ccc(Br)cc2)cc1Br)Nc1ccc(Cl)c(Cl)c1. The number of hydrogen-bond donors (Lipinski definition) is 2. The summed E-state index contributed by atoms with van der Waals surface area (Å²) in [4.78, 5) is 12.1. The molecule has 0 aliphatic rings. The van der Waals surface area contributed by atoms with E-state index < -0.39 is 0 Å². The number of benzene rings is 3. The fraction of sp³-hybridized carbons (Fsp3) is 0.0952. The van der Waals surface area contributed by atoms with Crippen LogP contribution in [0.3, 0.4) is 0 Å². The Bertz CT molecular complexity index is 1010. The van der Waals surface area contributed by atoms with Crippen molar-refractivity contribution in [2.24, 2.45) is 0 Å². The lowest BCUT2D eigenvalue weighted by atomic mass is 10.2. The molecule has 1 amide bonds. The quantitative estimate of drug-likeness (QED) is 0.324. The molecule has 0 aliphatic heterocycles. The van der Waals surface area contributed by atoms with Crippen LogP contribution in [0.2, 0.25) is 10.0 Å². The van der Waals surface area contributed by atoms with E-state index in [1.54, 1.807) is 18.2 Å². The fourth-order valence-electron chi connectivity index (χ4n) is 2.46. The van der Waals surface area contributed by atoms with Crippen molar-refractivity contribution in [3.05, 3.63) is 85.2 Å². The van der Waals surface area contributed by atoms with E-state index in [1.165, 1.54) is 0 Å². The predicted molar refractivity (Wildman–Crippen MR) is 126 cm³/mol. The van der Waals surface area contributed by atoms with E-state index in [0.29, 0.717) is 28.0 Å². The van der Waals surface area contributed by atoms with E-state index in [1.807, 2.05) is 42.5 Å². The van der Waals surface area contributed by atoms with Gasteiger partial charge in [-0.3, -0.25) is 4.79 Å². The van der Waals surface area contributed by atoms with Gasteiger partial charge in [-0.2, -0.15) is 0 Å². The van der Waals surface area contributed by atoms with E-state index in [2.05, 4.69) is 42.5 Å². The van der Waals surface area contributed by atoms with Gasteiger partial charge in [-0.1, -0.05) is 45.2 Å². The van der Waals surface area contributed by atoms with Crippen molar-refractivity contribution in [1.29, 1.82) is 0 Å². The first kappa shape index (κ1) is 22.0. The first-order valence-corrected chi connectivity index (χ1v) is 10.9. The summed E-state index contributed by atoms with van der Waals surface area (Å²) in [5.41, 5.74) is 2.66. The van der Waals surface area contributed by atoms with Gasteiger partial charge < -0.3 is 15.4 Å². The van der Waals surface area contributed by atoms with Crippen LogP contribution in [-0.4, -0.2) is 12.5 Å². The van der Waals surface area contributed by atoms with Gasteiger partial charge in [-0.25, -0.2) is 0 Å². The molecule has 0 fully saturated rings. The molecule has 3 aromatic carbocycles. The average Bonchev–Trinajstić information content (AvgIpc) is 2.69. The molecule has 3 rings (SSSR count). The normalized spacial score (nSPS) is 10.5. The summed E-state index contributed by atoms with van der Waals surface area (Å²) >= 11 is 18.7. The Morgan fingerprint density at radius 2 is 1.62 bits per heavy atom. The molecule has 0 unspecified atom stereocenters. The largest absolute Gasteiger partial charge is 0.483 e. The Morgan fingerprint density at radius 3 is 2.31 bits per heavy atom. The zero-order valence-corrected chi connectivity index (χ0v) is 19.7. The van der Waals surface area contributed by atoms with Gasteiger partial charge >= 0.3 is 0 Å². The molecule has 0 saturated heterocycles. The first-order chi connectivity index (χ1) is 13.9. The molecule has 3 aromatic rings. The van der Waals surface area contributed by atoms with Gasteiger partial charge in [0.25, 0.3) is 5.91 Å². The monoisotopic (exact) mass is 556 g/mol. The van der Waals surface area contributed by atoms with Crippen LogP contribution in [0.4, 0.5) is 11.4 Å². The second-order valence-corrected chi connectivity index (χ2v) is 8.68. The molecule has 29 heavy (non-hydrogen) atoms. The fourth-order valence-corrected chi connectivity index (χ4v) is 3.56. The van der Waals surface area contributed by atoms with Gasteiger partial charge in [-0.05, 0) is 76.1 Å². The lowest BCUT2D eigenvalue weighted by molar-refractivity contribution is -0.118. The number of hydrogen-bond acceptors (Lipinski definition) is 3. The summed E-state index contributed by atoms with van der Waals surface area (Å²) in [5, 5.41) is 6.88. The lowest BCUT2D eigenvalue weighted by Gasteiger charge is -2.11. The zero-order chi connectivity index (χ0) is 20.8. The summed E-state index contributed by atoms with van der Waals surface area (Å²) in [6.07, 6.45) is 0. The zero-order valence-electron chi connectivity index (χ0n) is 15.0. The highest BCUT2D eigenvalue weighted by molar-refractivity contribution is 9.10. The van der Waals surface area contributed by atoms with E-state index in [4.69, 9.17) is 27.9 Å². The van der Waals surface area contributed by atoms with Crippen molar-refractivity contribution in [1.82, 2.24) is 0 Å². The number of carbonyl (C=O) groups excluding carboxylic acids is 1. The molecule has 150 valence electrons. The maximum atomic E-state index is 12.1. The number of carbonyl (C=O) groups is 1. The van der Waals surface area contributed by atoms with E-state index in [0.717, 1.165) is 20.2 Å². The second kappa shape index (κ2) is 10.3. The molecule has 0 aromatic heterocycles. The molecule has 2 N–H and O–H groups in total. The molecule has 4 nitrogen and oxygen atoms in total. The van der Waals surface area contributed by atoms with Gasteiger partial charge in [-0.15, -0.1) is 0 Å². The summed E-state index contributed by atoms with van der Waals surface area (Å²) in [5.74, 6) is 0.290. The Labute approximate surface area is 195 Å². The third-order valence-corrected chi connectivity index (χ3v) is 5.79. The third-order valence-electron chi connectivity index (χ3n) is 3.90. The van der Waals surface area contributed by atoms with Crippen molar-refractivity contribution in [3.8, 4) is 5.75 Å². The van der Waals surface area contributed by atoms with Crippen LogP contribution in [-0.2, 0) is 11.3 Å². The van der Waals surface area contributed by atoms with Crippen LogP contribution in [0.5, 0.6) is 5.75 Å². The molecule has 0 spiro atoms. The van der Waals surface area contributed by atoms with Crippen LogP contribution in [0.15, 0.2) is 69.6 Å². The molecular weight excluding hydrogens is 543 g/mol. The molecule has 0 saturated carbocycles. The standard InChI is InChI=1S/C21H16Br2Cl2N2O2/c22-14-2-4-15(5-3-14)26-11-13-1-8-20(17(23)9-13)29-12-21(28)27-16-6-7-18(24)19(25)10-16/h1-10,26H,11-12H2,(H,27,28). The minimum Gasteiger partial charge on any atom is -0.483 e. The van der Waals surface area contributed by atoms with Gasteiger partial charge in [0.05, 0.1) is 14.5 Å². The summed E-state index contributed by atoms with van der Waals surface area (Å²) in [7, 11) is 0. The molecule has 0 bridgehead atoms. The van der Waals surface area contributed by atoms with Gasteiger partial charge in [0.2, 0.25) is 0 Å². The highest BCUT2D eigenvalue weighted by Gasteiger charge is 2.08. The molecule has 0 radical (unpaired) electrons. The van der Waals surface area contributed by atoms with Gasteiger partial charge in [0, 0.05) is 22.4 Å². The minimum absolute atomic E-state index is 0.130. The Morgan fingerprint density at radius 1 is 0.897 bits per heavy atom.